The average molecular weight is 832 g/mol. The van der Waals surface area contributed by atoms with E-state index in [1.54, 1.807) is 4.90 Å². The smallest absolute Gasteiger partial charge is 0.328 e. The van der Waals surface area contributed by atoms with Gasteiger partial charge in [0.1, 0.15) is 6.07 Å². The number of nitrogens with zero attached hydrogens (tertiary/aromatic N) is 8. The number of nitrogens with one attached hydrogen (secondary N) is 1. The molecule has 0 unspecified atom stereocenters. The van der Waals surface area contributed by atoms with Crippen LogP contribution in [0.5, 0.6) is 0 Å². The highest BCUT2D eigenvalue weighted by atomic mass is 35.5. The molecule has 0 saturated carbocycles. The summed E-state index contributed by atoms with van der Waals surface area (Å²) in [5.41, 5.74) is 5.89. The van der Waals surface area contributed by atoms with Crippen molar-refractivity contribution >= 4 is 52.2 Å². The molecule has 60 heavy (non-hydrogen) atoms. The Morgan fingerprint density at radius 2 is 1.28 bits per heavy atom. The Kier molecular flexibility index (Phi) is 11.7. The van der Waals surface area contributed by atoms with Gasteiger partial charge in [0.15, 0.2) is 0 Å². The van der Waals surface area contributed by atoms with Gasteiger partial charge in [0.25, 0.3) is 5.91 Å². The summed E-state index contributed by atoms with van der Waals surface area (Å²) in [6.45, 7) is 13.7. The monoisotopic (exact) mass is 831 g/mol. The topological polar surface area (TPSA) is 110 Å². The molecule has 6 aliphatic rings. The fourth-order valence-electron chi connectivity index (χ4n) is 11.1. The van der Waals surface area contributed by atoms with E-state index in [9.17, 15) is 19.6 Å². The highest BCUT2D eigenvalue weighted by Crippen LogP contribution is 2.46. The van der Waals surface area contributed by atoms with E-state index in [4.69, 9.17) is 11.6 Å². The molecule has 3 aromatic rings. The van der Waals surface area contributed by atoms with Crippen LogP contribution in [0.1, 0.15) is 74.2 Å². The van der Waals surface area contributed by atoms with Crippen molar-refractivity contribution in [3.63, 3.8) is 0 Å². The van der Waals surface area contributed by atoms with E-state index in [2.05, 4.69) is 72.0 Å². The molecule has 316 valence electrons. The molecule has 1 spiro atoms. The number of rotatable bonds is 7. The second-order valence-corrected chi connectivity index (χ2v) is 18.5. The van der Waals surface area contributed by atoms with E-state index < -0.39 is 0 Å². The molecule has 0 bridgehead atoms. The first kappa shape index (κ1) is 40.6. The second-order valence-electron chi connectivity index (χ2n) is 18.1. The summed E-state index contributed by atoms with van der Waals surface area (Å²) in [6.07, 6.45) is 8.23. The third-order valence-electron chi connectivity index (χ3n) is 14.7. The van der Waals surface area contributed by atoms with Gasteiger partial charge in [-0.05, 0) is 137 Å². The van der Waals surface area contributed by atoms with Crippen molar-refractivity contribution in [2.24, 2.45) is 5.41 Å². The standard InChI is InChI=1S/C47H58ClN9O3/c1-34-31-47(33-57(34)42-7-4-36(32-49)43(48)30-42)17-24-52(25-18-47)37-5-2-35(3-6-37)45(59)55-21-14-39(15-22-55)51-19-12-40(13-20-51)54-28-26-53(27-29-54)38-8-10-41(11-9-38)56-23-16-44(58)50-46(56)60/h2-11,30,34,39-40H,12-29,31,33H2,1H3,(H,50,58,60)/t34-/m0/s1. The molecule has 6 heterocycles. The van der Waals surface area contributed by atoms with Crippen LogP contribution < -0.4 is 24.9 Å². The number of carbonyl (C=O) groups excluding carboxylic acids is 3. The number of halogens is 1. The summed E-state index contributed by atoms with van der Waals surface area (Å²) < 4.78 is 0. The quantitative estimate of drug-likeness (QED) is 0.288. The SMILES string of the molecule is C[C@H]1CC2(CCN(c3ccc(C(=O)N4CCC(N5CCC(N6CCN(c7ccc(N8CCC(=O)NC8=O)cc7)CC6)CC5)CC4)cc3)CC2)CN1c1ccc(C#N)c(Cl)c1. The molecule has 6 aliphatic heterocycles. The number of anilines is 4. The molecular formula is C47H58ClN9O3. The van der Waals surface area contributed by atoms with Crippen LogP contribution in [0.25, 0.3) is 0 Å². The van der Waals surface area contributed by atoms with Crippen molar-refractivity contribution in [1.29, 1.82) is 5.26 Å². The van der Waals surface area contributed by atoms with Crippen molar-refractivity contribution < 1.29 is 14.4 Å². The highest BCUT2D eigenvalue weighted by molar-refractivity contribution is 6.32. The van der Waals surface area contributed by atoms with Gasteiger partial charge in [-0.15, -0.1) is 0 Å². The minimum Gasteiger partial charge on any atom is -0.371 e. The van der Waals surface area contributed by atoms with Gasteiger partial charge in [0.05, 0.1) is 10.6 Å². The van der Waals surface area contributed by atoms with Crippen molar-refractivity contribution in [1.82, 2.24) is 20.0 Å². The summed E-state index contributed by atoms with van der Waals surface area (Å²) in [5.74, 6) is -0.0604. The predicted octanol–water partition coefficient (Wildman–Crippen LogP) is 6.43. The van der Waals surface area contributed by atoms with E-state index >= 15 is 0 Å². The summed E-state index contributed by atoms with van der Waals surface area (Å²) >= 11 is 6.39. The van der Waals surface area contributed by atoms with Gasteiger partial charge >= 0.3 is 6.03 Å². The normalized spacial score (nSPS) is 23.6. The Hall–Kier alpha value is -4.83. The lowest BCUT2D eigenvalue weighted by atomic mass is 9.76. The second kappa shape index (κ2) is 17.3. The zero-order chi connectivity index (χ0) is 41.4. The number of urea groups is 1. The van der Waals surface area contributed by atoms with Crippen LogP contribution in [0.4, 0.5) is 27.5 Å². The van der Waals surface area contributed by atoms with Crippen molar-refractivity contribution in [2.45, 2.75) is 76.4 Å². The number of hydrogen-bond donors (Lipinski definition) is 1. The minimum atomic E-state index is -0.346. The third kappa shape index (κ3) is 8.41. The van der Waals surface area contributed by atoms with Crippen LogP contribution in [0.15, 0.2) is 66.7 Å². The Morgan fingerprint density at radius 3 is 1.90 bits per heavy atom. The summed E-state index contributed by atoms with van der Waals surface area (Å²) in [5, 5.41) is 12.2. The van der Waals surface area contributed by atoms with Gasteiger partial charge in [-0.3, -0.25) is 24.7 Å². The maximum absolute atomic E-state index is 13.6. The van der Waals surface area contributed by atoms with Crippen molar-refractivity contribution in [3.05, 3.63) is 82.9 Å². The van der Waals surface area contributed by atoms with E-state index in [0.29, 0.717) is 41.7 Å². The molecule has 1 N–H and O–H groups in total. The van der Waals surface area contributed by atoms with Crippen LogP contribution in [-0.2, 0) is 4.79 Å². The number of amides is 4. The van der Waals surface area contributed by atoms with E-state index in [0.717, 1.165) is 121 Å². The molecule has 13 heteroatoms. The van der Waals surface area contributed by atoms with Crippen molar-refractivity contribution in [2.75, 3.05) is 98.1 Å². The molecule has 1 atom stereocenters. The zero-order valence-corrected chi connectivity index (χ0v) is 35.7. The van der Waals surface area contributed by atoms with Gasteiger partial charge in [0, 0.05) is 118 Å². The minimum absolute atomic E-state index is 0.154. The maximum Gasteiger partial charge on any atom is 0.328 e. The lowest BCUT2D eigenvalue weighted by Crippen LogP contribution is -2.55. The average Bonchev–Trinajstić information content (AvgIpc) is 3.61. The molecule has 3 aromatic carbocycles. The van der Waals surface area contributed by atoms with Crippen LogP contribution in [0.2, 0.25) is 5.02 Å². The summed E-state index contributed by atoms with van der Waals surface area (Å²) in [6, 6.07) is 25.7. The van der Waals surface area contributed by atoms with Gasteiger partial charge in [-0.2, -0.15) is 5.26 Å². The summed E-state index contributed by atoms with van der Waals surface area (Å²) in [7, 11) is 0. The Morgan fingerprint density at radius 1 is 0.717 bits per heavy atom. The van der Waals surface area contributed by atoms with E-state index in [1.165, 1.54) is 24.2 Å². The Bertz CT molecular complexity index is 2080. The molecule has 0 aliphatic carbocycles. The molecule has 0 radical (unpaired) electrons. The molecular weight excluding hydrogens is 774 g/mol. The molecule has 12 nitrogen and oxygen atoms in total. The van der Waals surface area contributed by atoms with Gasteiger partial charge in [-0.1, -0.05) is 11.6 Å². The first-order valence-electron chi connectivity index (χ1n) is 22.2. The van der Waals surface area contributed by atoms with Crippen LogP contribution in [0, 0.1) is 16.7 Å². The molecule has 0 aromatic heterocycles. The van der Waals surface area contributed by atoms with Gasteiger partial charge < -0.3 is 24.5 Å². The van der Waals surface area contributed by atoms with Gasteiger partial charge in [-0.25, -0.2) is 4.79 Å². The van der Waals surface area contributed by atoms with E-state index in [-0.39, 0.29) is 23.3 Å². The summed E-state index contributed by atoms with van der Waals surface area (Å²) in [4.78, 5) is 53.9. The molecule has 6 saturated heterocycles. The molecule has 9 rings (SSSR count). The first-order chi connectivity index (χ1) is 29.1. The van der Waals surface area contributed by atoms with E-state index in [1.807, 2.05) is 42.5 Å². The number of piperazine rings is 1. The number of piperidine rings is 3. The number of hydrogen-bond acceptors (Lipinski definition) is 9. The number of carbonyl (C=O) groups is 3. The Balaban J connectivity index is 0.689. The molecule has 6 fully saturated rings. The van der Waals surface area contributed by atoms with Gasteiger partial charge in [0.2, 0.25) is 5.91 Å². The number of likely N-dealkylation sites (tertiary alicyclic amines) is 2. The lowest BCUT2D eigenvalue weighted by Gasteiger charge is -2.46. The third-order valence-corrected chi connectivity index (χ3v) is 15.0. The first-order valence-corrected chi connectivity index (χ1v) is 22.6. The molecule has 4 amide bonds. The number of benzene rings is 3. The fourth-order valence-corrected chi connectivity index (χ4v) is 11.3. The predicted molar refractivity (Wildman–Crippen MR) is 237 cm³/mol. The Labute approximate surface area is 359 Å². The number of nitriles is 1. The largest absolute Gasteiger partial charge is 0.371 e. The van der Waals surface area contributed by atoms with Crippen LogP contribution in [0.3, 0.4) is 0 Å². The number of imide groups is 1. The van der Waals surface area contributed by atoms with Crippen LogP contribution in [-0.4, -0.2) is 129 Å². The van der Waals surface area contributed by atoms with Crippen molar-refractivity contribution in [3.8, 4) is 6.07 Å². The lowest BCUT2D eigenvalue weighted by molar-refractivity contribution is -0.120. The van der Waals surface area contributed by atoms with Crippen LogP contribution >= 0.6 is 11.6 Å². The highest BCUT2D eigenvalue weighted by Gasteiger charge is 2.44. The maximum atomic E-state index is 13.6. The fraction of sp³-hybridized carbons (Fsp3) is 0.532. The zero-order valence-electron chi connectivity index (χ0n) is 34.9.